The summed E-state index contributed by atoms with van der Waals surface area (Å²) in [7, 11) is 0. The van der Waals surface area contributed by atoms with Crippen molar-refractivity contribution >= 4 is 34.7 Å². The van der Waals surface area contributed by atoms with E-state index in [0.29, 0.717) is 35.1 Å². The highest BCUT2D eigenvalue weighted by Gasteiger charge is 2.45. The van der Waals surface area contributed by atoms with Crippen molar-refractivity contribution in [1.29, 1.82) is 0 Å². The van der Waals surface area contributed by atoms with E-state index in [1.165, 1.54) is 11.3 Å². The van der Waals surface area contributed by atoms with Gasteiger partial charge in [-0.05, 0) is 63.6 Å². The molecule has 1 fully saturated rings. The molecule has 178 valence electrons. The predicted octanol–water partition coefficient (Wildman–Crippen LogP) is 3.99. The molecule has 0 unspecified atom stereocenters. The molecule has 34 heavy (non-hydrogen) atoms. The fourth-order valence-electron chi connectivity index (χ4n) is 5.33. The third-order valence-electron chi connectivity index (χ3n) is 6.84. The molecule has 3 aliphatic rings. The van der Waals surface area contributed by atoms with Crippen molar-refractivity contribution in [2.75, 3.05) is 11.9 Å². The zero-order valence-electron chi connectivity index (χ0n) is 19.6. The number of amides is 1. The van der Waals surface area contributed by atoms with E-state index in [0.717, 1.165) is 53.7 Å². The molecule has 1 saturated carbocycles. The first-order valence-corrected chi connectivity index (χ1v) is 12.6. The quantitative estimate of drug-likeness (QED) is 0.647. The maximum atomic E-state index is 13.8. The van der Waals surface area contributed by atoms with E-state index < -0.39 is 5.66 Å². The second kappa shape index (κ2) is 8.54. The molecule has 0 saturated heterocycles. The standard InChI is InChI=1S/C25H28N4O4S/c1-4-33-24(32)20-15(3)18-17(34-20)9-8-12-26-21(18)27-16-13-14(2)19-22(30)28-25(29(19)23(16)31)10-6-5-7-11-25/h8,12-13H,4-7,9-11H2,1-3H3,(H,26,27)(H,28,30). The van der Waals surface area contributed by atoms with Gasteiger partial charge in [-0.25, -0.2) is 9.79 Å². The Bertz CT molecular complexity index is 1310. The number of esters is 1. The first-order chi connectivity index (χ1) is 16.4. The molecule has 5 rings (SSSR count). The monoisotopic (exact) mass is 480 g/mol. The van der Waals surface area contributed by atoms with Gasteiger partial charge in [-0.15, -0.1) is 11.3 Å². The summed E-state index contributed by atoms with van der Waals surface area (Å²) in [5.41, 5.74) is 2.26. The van der Waals surface area contributed by atoms with Gasteiger partial charge >= 0.3 is 5.97 Å². The van der Waals surface area contributed by atoms with Gasteiger partial charge in [0.25, 0.3) is 11.5 Å². The number of aliphatic imine (C=N–C) groups is 1. The molecule has 1 amide bonds. The van der Waals surface area contributed by atoms with Gasteiger partial charge in [-0.3, -0.25) is 14.2 Å². The van der Waals surface area contributed by atoms with E-state index in [4.69, 9.17) is 4.74 Å². The van der Waals surface area contributed by atoms with Crippen molar-refractivity contribution in [3.05, 3.63) is 60.8 Å². The number of allylic oxidation sites excluding steroid dienone is 1. The summed E-state index contributed by atoms with van der Waals surface area (Å²) in [6.07, 6.45) is 8.80. The number of aryl methyl sites for hydroxylation is 1. The molecule has 1 aliphatic carbocycles. The Labute approximate surface area is 201 Å². The van der Waals surface area contributed by atoms with Crippen molar-refractivity contribution in [2.45, 2.75) is 65.0 Å². The maximum Gasteiger partial charge on any atom is 0.348 e. The van der Waals surface area contributed by atoms with Crippen molar-refractivity contribution in [2.24, 2.45) is 4.99 Å². The normalized spacial score (nSPS) is 18.1. The topological polar surface area (TPSA) is 102 Å². The highest BCUT2D eigenvalue weighted by atomic mass is 32.1. The molecule has 0 aromatic carbocycles. The van der Waals surface area contributed by atoms with E-state index in [1.54, 1.807) is 23.8 Å². The fourth-order valence-corrected chi connectivity index (χ4v) is 6.50. The highest BCUT2D eigenvalue weighted by Crippen LogP contribution is 2.38. The van der Waals surface area contributed by atoms with Crippen molar-refractivity contribution in [1.82, 2.24) is 9.88 Å². The Morgan fingerprint density at radius 2 is 2.03 bits per heavy atom. The molecule has 9 heteroatoms. The van der Waals surface area contributed by atoms with Crippen LogP contribution in [0.5, 0.6) is 0 Å². The molecule has 0 radical (unpaired) electrons. The van der Waals surface area contributed by atoms with Gasteiger partial charge in [0, 0.05) is 23.1 Å². The van der Waals surface area contributed by atoms with E-state index in [2.05, 4.69) is 15.6 Å². The second-order valence-electron chi connectivity index (χ2n) is 9.04. The van der Waals surface area contributed by atoms with Crippen LogP contribution in [-0.2, 0) is 16.8 Å². The number of pyridine rings is 1. The first kappa shape index (κ1) is 22.6. The Hall–Kier alpha value is -3.20. The van der Waals surface area contributed by atoms with Crippen LogP contribution >= 0.6 is 11.3 Å². The molecule has 2 aliphatic heterocycles. The van der Waals surface area contributed by atoms with Crippen LogP contribution in [0, 0.1) is 13.8 Å². The van der Waals surface area contributed by atoms with Gasteiger partial charge in [0.2, 0.25) is 0 Å². The summed E-state index contributed by atoms with van der Waals surface area (Å²) in [6.45, 7) is 5.82. The van der Waals surface area contributed by atoms with Crippen LogP contribution in [0.25, 0.3) is 0 Å². The lowest BCUT2D eigenvalue weighted by Crippen LogP contribution is -2.49. The minimum absolute atomic E-state index is 0.187. The number of thiophene rings is 1. The number of nitrogens with one attached hydrogen (secondary N) is 2. The Balaban J connectivity index is 1.59. The zero-order valence-corrected chi connectivity index (χ0v) is 20.4. The minimum Gasteiger partial charge on any atom is -0.462 e. The molecule has 1 spiro atoms. The molecule has 0 atom stereocenters. The number of aromatic nitrogens is 1. The molecule has 8 nitrogen and oxygen atoms in total. The maximum absolute atomic E-state index is 13.8. The van der Waals surface area contributed by atoms with Crippen molar-refractivity contribution in [3.8, 4) is 0 Å². The van der Waals surface area contributed by atoms with Crippen LogP contribution in [0.4, 0.5) is 5.69 Å². The van der Waals surface area contributed by atoms with Crippen LogP contribution in [0.2, 0.25) is 0 Å². The van der Waals surface area contributed by atoms with Crippen LogP contribution in [-0.4, -0.2) is 28.9 Å². The summed E-state index contributed by atoms with van der Waals surface area (Å²) < 4.78 is 6.90. The summed E-state index contributed by atoms with van der Waals surface area (Å²) in [4.78, 5) is 45.2. The smallest absolute Gasteiger partial charge is 0.348 e. The summed E-state index contributed by atoms with van der Waals surface area (Å²) in [5.74, 6) is -0.0217. The van der Waals surface area contributed by atoms with Crippen molar-refractivity contribution in [3.63, 3.8) is 0 Å². The van der Waals surface area contributed by atoms with Crippen molar-refractivity contribution < 1.29 is 14.3 Å². The van der Waals surface area contributed by atoms with E-state index in [1.807, 2.05) is 19.9 Å². The average molecular weight is 481 g/mol. The second-order valence-corrected chi connectivity index (χ2v) is 10.1. The van der Waals surface area contributed by atoms with Gasteiger partial charge in [0.05, 0.1) is 6.61 Å². The highest BCUT2D eigenvalue weighted by molar-refractivity contribution is 7.14. The number of carbonyl (C=O) groups is 2. The molecule has 4 heterocycles. The molecule has 2 N–H and O–H groups in total. The van der Waals surface area contributed by atoms with E-state index in [-0.39, 0.29) is 17.4 Å². The van der Waals surface area contributed by atoms with Gasteiger partial charge in [-0.1, -0.05) is 12.5 Å². The summed E-state index contributed by atoms with van der Waals surface area (Å²) >= 11 is 1.40. The summed E-state index contributed by atoms with van der Waals surface area (Å²) in [5, 5.41) is 6.37. The van der Waals surface area contributed by atoms with Crippen LogP contribution in [0.1, 0.15) is 80.8 Å². The van der Waals surface area contributed by atoms with Gasteiger partial charge in [0.1, 0.15) is 27.8 Å². The molecule has 0 bridgehead atoms. The molecule has 2 aromatic rings. The molecular weight excluding hydrogens is 452 g/mol. The molecular formula is C25H28N4O4S. The zero-order chi connectivity index (χ0) is 24.0. The third kappa shape index (κ3) is 3.50. The van der Waals surface area contributed by atoms with Crippen LogP contribution in [0.3, 0.4) is 0 Å². The number of amidine groups is 1. The number of hydrogen-bond acceptors (Lipinski definition) is 7. The third-order valence-corrected chi connectivity index (χ3v) is 8.14. The van der Waals surface area contributed by atoms with Crippen LogP contribution < -0.4 is 16.2 Å². The number of rotatable bonds is 3. The minimum atomic E-state index is -0.657. The Morgan fingerprint density at radius 1 is 1.26 bits per heavy atom. The Kier molecular flexibility index (Phi) is 5.67. The number of nitrogens with zero attached hydrogens (tertiary/aromatic N) is 2. The number of hydrogen-bond donors (Lipinski definition) is 2. The lowest BCUT2D eigenvalue weighted by molar-refractivity contribution is 0.0531. The lowest BCUT2D eigenvalue weighted by Gasteiger charge is -2.35. The van der Waals surface area contributed by atoms with Crippen LogP contribution in [0.15, 0.2) is 28.1 Å². The fraction of sp³-hybridized carbons (Fsp3) is 0.440. The summed E-state index contributed by atoms with van der Waals surface area (Å²) in [6, 6.07) is 1.72. The molecule has 2 aromatic heterocycles. The van der Waals surface area contributed by atoms with E-state index >= 15 is 0 Å². The van der Waals surface area contributed by atoms with E-state index in [9.17, 15) is 14.4 Å². The largest absolute Gasteiger partial charge is 0.462 e. The predicted molar refractivity (Wildman–Crippen MR) is 132 cm³/mol. The van der Waals surface area contributed by atoms with Gasteiger partial charge in [0.15, 0.2) is 0 Å². The number of carbonyl (C=O) groups excluding carboxylic acids is 2. The SMILES string of the molecule is CCOC(=O)c1sc2c(c1C)C(Nc1cc(C)c3n(c1=O)C1(CCCCC1)NC3=O)=NC=CC2. The first-order valence-electron chi connectivity index (χ1n) is 11.8. The Morgan fingerprint density at radius 3 is 2.76 bits per heavy atom. The number of ether oxygens (including phenoxy) is 1. The number of fused-ring (bicyclic) bond motifs is 3. The lowest BCUT2D eigenvalue weighted by atomic mass is 9.89. The number of anilines is 1. The average Bonchev–Trinajstić information content (AvgIpc) is 3.19. The van der Waals surface area contributed by atoms with Gasteiger partial charge in [-0.2, -0.15) is 0 Å². The van der Waals surface area contributed by atoms with Gasteiger partial charge < -0.3 is 15.4 Å².